The number of anilines is 1. The van der Waals surface area contributed by atoms with Crippen LogP contribution in [-0.4, -0.2) is 63.3 Å². The summed E-state index contributed by atoms with van der Waals surface area (Å²) in [5.41, 5.74) is 1.47. The number of nitrogens with one attached hydrogen (secondary N) is 1. The predicted octanol–water partition coefficient (Wildman–Crippen LogP) is 2.93. The molecule has 0 aliphatic heterocycles. The van der Waals surface area contributed by atoms with E-state index < -0.39 is 17.8 Å². The lowest BCUT2D eigenvalue weighted by Gasteiger charge is -2.08. The third kappa shape index (κ3) is 5.48. The van der Waals surface area contributed by atoms with E-state index in [1.54, 1.807) is 38.1 Å². The van der Waals surface area contributed by atoms with E-state index in [9.17, 15) is 19.2 Å². The molecule has 0 unspecified atom stereocenters. The average molecular weight is 504 g/mol. The van der Waals surface area contributed by atoms with Gasteiger partial charge in [0.25, 0.3) is 0 Å². The zero-order chi connectivity index (χ0) is 24.8. The van der Waals surface area contributed by atoms with Crippen LogP contribution in [0.5, 0.6) is 0 Å². The van der Waals surface area contributed by atoms with E-state index in [0.29, 0.717) is 26.8 Å². The quantitative estimate of drug-likeness (QED) is 0.263. The van der Waals surface area contributed by atoms with E-state index >= 15 is 0 Å². The van der Waals surface area contributed by atoms with Gasteiger partial charge in [-0.05, 0) is 55.0 Å². The summed E-state index contributed by atoms with van der Waals surface area (Å²) in [6, 6.07) is 6.53. The van der Waals surface area contributed by atoms with Crippen molar-refractivity contribution >= 4 is 51.7 Å². The lowest BCUT2D eigenvalue weighted by atomic mass is 10.1. The Kier molecular flexibility index (Phi) is 8.12. The summed E-state index contributed by atoms with van der Waals surface area (Å²) in [4.78, 5) is 49.2. The van der Waals surface area contributed by atoms with E-state index in [1.807, 2.05) is 0 Å². The summed E-state index contributed by atoms with van der Waals surface area (Å²) in [7, 11) is 1.29. The first-order chi connectivity index (χ1) is 16.3. The van der Waals surface area contributed by atoms with Crippen LogP contribution in [0.2, 0.25) is 0 Å². The van der Waals surface area contributed by atoms with Crippen LogP contribution in [0, 0.1) is 6.92 Å². The highest BCUT2D eigenvalue weighted by Crippen LogP contribution is 2.34. The molecule has 1 N–H and O–H groups in total. The van der Waals surface area contributed by atoms with Gasteiger partial charge >= 0.3 is 11.9 Å². The van der Waals surface area contributed by atoms with Crippen molar-refractivity contribution in [1.82, 2.24) is 20.2 Å². The van der Waals surface area contributed by atoms with Gasteiger partial charge in [-0.2, -0.15) is 4.68 Å². The number of benzene rings is 1. The van der Waals surface area contributed by atoms with Gasteiger partial charge in [0.1, 0.15) is 5.00 Å². The van der Waals surface area contributed by atoms with Crippen LogP contribution < -0.4 is 5.32 Å². The minimum absolute atomic E-state index is 0.0777. The fraction of sp³-hybridized carbons (Fsp3) is 0.286. The summed E-state index contributed by atoms with van der Waals surface area (Å²) < 4.78 is 11.2. The average Bonchev–Trinajstić information content (AvgIpc) is 3.41. The number of thioether (sulfide) groups is 1. The highest BCUT2D eigenvalue weighted by Gasteiger charge is 2.25. The van der Waals surface area contributed by atoms with Gasteiger partial charge in [-0.25, -0.2) is 9.59 Å². The molecule has 1 amide bonds. The van der Waals surface area contributed by atoms with E-state index in [0.717, 1.165) is 23.1 Å². The van der Waals surface area contributed by atoms with Gasteiger partial charge in [-0.1, -0.05) is 17.8 Å². The number of ketones is 1. The van der Waals surface area contributed by atoms with Crippen molar-refractivity contribution in [3.63, 3.8) is 0 Å². The topological polar surface area (TPSA) is 142 Å². The van der Waals surface area contributed by atoms with Gasteiger partial charge in [0.2, 0.25) is 11.1 Å². The van der Waals surface area contributed by atoms with E-state index in [2.05, 4.69) is 20.8 Å². The largest absolute Gasteiger partial charge is 0.465 e. The number of ether oxygens (including phenoxy) is 2. The molecule has 34 heavy (non-hydrogen) atoms. The van der Waals surface area contributed by atoms with Crippen LogP contribution in [-0.2, 0) is 14.3 Å². The Morgan fingerprint density at radius 2 is 1.97 bits per heavy atom. The Morgan fingerprint density at radius 1 is 1.21 bits per heavy atom. The highest BCUT2D eigenvalue weighted by molar-refractivity contribution is 7.99. The van der Waals surface area contributed by atoms with Gasteiger partial charge in [0.15, 0.2) is 5.78 Å². The van der Waals surface area contributed by atoms with Gasteiger partial charge in [0, 0.05) is 0 Å². The molecule has 13 heteroatoms. The molecule has 0 saturated heterocycles. The number of thiophene rings is 1. The molecule has 2 heterocycles. The lowest BCUT2D eigenvalue weighted by Crippen LogP contribution is -2.17. The molecule has 0 bridgehead atoms. The van der Waals surface area contributed by atoms with Crippen molar-refractivity contribution in [3.05, 3.63) is 45.8 Å². The van der Waals surface area contributed by atoms with Crippen molar-refractivity contribution < 1.29 is 28.7 Å². The molecule has 0 radical (unpaired) electrons. The Morgan fingerprint density at radius 3 is 2.65 bits per heavy atom. The molecule has 0 saturated carbocycles. The van der Waals surface area contributed by atoms with Crippen molar-refractivity contribution in [1.29, 1.82) is 0 Å². The minimum Gasteiger partial charge on any atom is -0.465 e. The fourth-order valence-electron chi connectivity index (χ4n) is 2.99. The monoisotopic (exact) mass is 503 g/mol. The Labute approximate surface area is 202 Å². The van der Waals surface area contributed by atoms with Crippen molar-refractivity contribution in [2.24, 2.45) is 0 Å². The molecule has 3 rings (SSSR count). The number of Topliss-reactive ketones (excluding diaryl/α,β-unsaturated/α-hetero) is 1. The number of esters is 2. The zero-order valence-corrected chi connectivity index (χ0v) is 20.4. The normalized spacial score (nSPS) is 10.6. The van der Waals surface area contributed by atoms with E-state index in [1.165, 1.54) is 18.7 Å². The number of aromatic nitrogens is 4. The third-order valence-corrected chi connectivity index (χ3v) is 6.71. The molecule has 0 spiro atoms. The number of hydrogen-bond acceptors (Lipinski definition) is 11. The molecule has 0 aliphatic rings. The molecule has 1 aromatic carbocycles. The second-order valence-corrected chi connectivity index (χ2v) is 8.75. The second kappa shape index (κ2) is 11.0. The molecule has 0 atom stereocenters. The highest BCUT2D eigenvalue weighted by atomic mass is 32.2. The standard InChI is InChI=1S/C21H21N5O6S2/c1-5-32-20(30)16-11(2)17(12(3)27)34-18(16)22-15(28)10-33-21-23-24-25-26(21)14-8-6-7-13(9-14)19(29)31-4/h6-9H,5,10H2,1-4H3,(H,22,28). The first-order valence-electron chi connectivity index (χ1n) is 9.98. The maximum absolute atomic E-state index is 12.7. The number of tetrazole rings is 1. The number of rotatable bonds is 9. The number of carbonyl (C=O) groups is 4. The maximum Gasteiger partial charge on any atom is 0.341 e. The minimum atomic E-state index is -0.610. The number of amides is 1. The summed E-state index contributed by atoms with van der Waals surface area (Å²) >= 11 is 2.08. The molecule has 178 valence electrons. The second-order valence-electron chi connectivity index (χ2n) is 6.79. The third-order valence-electron chi connectivity index (χ3n) is 4.48. The van der Waals surface area contributed by atoms with Gasteiger partial charge < -0.3 is 14.8 Å². The summed E-state index contributed by atoms with van der Waals surface area (Å²) in [5, 5.41) is 14.7. The summed E-state index contributed by atoms with van der Waals surface area (Å²) in [5.74, 6) is -1.83. The molecular formula is C21H21N5O6S2. The van der Waals surface area contributed by atoms with Gasteiger partial charge in [-0.3, -0.25) is 9.59 Å². The predicted molar refractivity (Wildman–Crippen MR) is 125 cm³/mol. The Bertz CT molecular complexity index is 1250. The van der Waals surface area contributed by atoms with Crippen LogP contribution in [0.15, 0.2) is 29.4 Å². The molecular weight excluding hydrogens is 482 g/mol. The van der Waals surface area contributed by atoms with E-state index in [-0.39, 0.29) is 28.7 Å². The van der Waals surface area contributed by atoms with Crippen molar-refractivity contribution in [3.8, 4) is 5.69 Å². The molecule has 11 nitrogen and oxygen atoms in total. The van der Waals surface area contributed by atoms with Crippen molar-refractivity contribution in [2.75, 3.05) is 24.8 Å². The molecule has 0 fully saturated rings. The number of methoxy groups -OCH3 is 1. The van der Waals surface area contributed by atoms with Crippen LogP contribution in [0.3, 0.4) is 0 Å². The smallest absolute Gasteiger partial charge is 0.341 e. The van der Waals surface area contributed by atoms with Crippen LogP contribution in [0.1, 0.15) is 49.8 Å². The molecule has 0 aliphatic carbocycles. The summed E-state index contributed by atoms with van der Waals surface area (Å²) in [6.45, 7) is 4.86. The van der Waals surface area contributed by atoms with Crippen LogP contribution in [0.25, 0.3) is 5.69 Å². The number of carbonyl (C=O) groups excluding carboxylic acids is 4. The summed E-state index contributed by atoms with van der Waals surface area (Å²) in [6.07, 6.45) is 0. The van der Waals surface area contributed by atoms with E-state index in [4.69, 9.17) is 9.47 Å². The lowest BCUT2D eigenvalue weighted by molar-refractivity contribution is -0.113. The van der Waals surface area contributed by atoms with Crippen molar-refractivity contribution in [2.45, 2.75) is 25.9 Å². The van der Waals surface area contributed by atoms with Crippen LogP contribution >= 0.6 is 23.1 Å². The zero-order valence-electron chi connectivity index (χ0n) is 18.8. The van der Waals surface area contributed by atoms with Gasteiger partial charge in [0.05, 0.1) is 41.2 Å². The SMILES string of the molecule is CCOC(=O)c1c(NC(=O)CSc2nnnn2-c2cccc(C(=O)OC)c2)sc(C(C)=O)c1C. The maximum atomic E-state index is 12.7. The fourth-order valence-corrected chi connectivity index (χ4v) is 4.79. The molecule has 2 aromatic heterocycles. The number of nitrogens with zero attached hydrogens (tertiary/aromatic N) is 4. The Hall–Kier alpha value is -3.58. The molecule has 3 aromatic rings. The van der Waals surface area contributed by atoms with Gasteiger partial charge in [-0.15, -0.1) is 16.4 Å². The first kappa shape index (κ1) is 25.1. The van der Waals surface area contributed by atoms with Crippen LogP contribution in [0.4, 0.5) is 5.00 Å². The Balaban J connectivity index is 1.76. The number of hydrogen-bond donors (Lipinski definition) is 1. The first-order valence-corrected chi connectivity index (χ1v) is 11.8.